The van der Waals surface area contributed by atoms with Crippen LogP contribution in [-0.2, 0) is 23.7 Å². The van der Waals surface area contributed by atoms with Gasteiger partial charge in [0.2, 0.25) is 17.0 Å². The molecule has 6 heterocycles. The summed E-state index contributed by atoms with van der Waals surface area (Å²) in [5, 5.41) is 64.8. The fourth-order valence-corrected chi connectivity index (χ4v) is 12.1. The molecule has 2 saturated heterocycles. The van der Waals surface area contributed by atoms with Gasteiger partial charge >= 0.3 is 12.1 Å². The number of Topliss-reactive ketones (excluding diaryl/α,β-unsaturated/α-hetero) is 2. The van der Waals surface area contributed by atoms with Gasteiger partial charge in [-0.1, -0.05) is 62.7 Å². The first-order valence-electron chi connectivity index (χ1n) is 26.8. The number of oxime groups is 1. The number of phenols is 1. The van der Waals surface area contributed by atoms with Crippen molar-refractivity contribution in [2.45, 2.75) is 110 Å². The number of nitrogens with zero attached hydrogens (tertiary/aromatic N) is 4. The summed E-state index contributed by atoms with van der Waals surface area (Å²) in [7, 11) is 1.38. The molecule has 2 amide bonds. The molecule has 2 aromatic carbocycles. The van der Waals surface area contributed by atoms with Crippen LogP contribution in [-0.4, -0.2) is 153 Å². The van der Waals surface area contributed by atoms with Crippen LogP contribution in [0.3, 0.4) is 0 Å². The van der Waals surface area contributed by atoms with Crippen LogP contribution in [0.1, 0.15) is 109 Å². The van der Waals surface area contributed by atoms with E-state index in [9.17, 15) is 49.6 Å². The molecule has 2 aliphatic carbocycles. The predicted octanol–water partition coefficient (Wildman–Crippen LogP) is 5.87. The summed E-state index contributed by atoms with van der Waals surface area (Å²) in [6.45, 7) is 11.9. The van der Waals surface area contributed by atoms with Gasteiger partial charge in [-0.15, -0.1) is 0 Å². The van der Waals surface area contributed by atoms with Crippen LogP contribution in [0.5, 0.6) is 11.5 Å². The molecule has 0 spiro atoms. The minimum atomic E-state index is -2.04. The van der Waals surface area contributed by atoms with Gasteiger partial charge in [0.1, 0.15) is 40.4 Å². The number of rotatable bonds is 7. The number of hydrogen-bond acceptors (Lipinski definition) is 18. The number of nitrogens with one attached hydrogen (secondary N) is 2. The van der Waals surface area contributed by atoms with Crippen LogP contribution >= 0.6 is 11.6 Å². The fourth-order valence-electron chi connectivity index (χ4n) is 11.6. The average Bonchev–Trinajstić information content (AvgIpc) is 2.61. The first-order valence-corrected chi connectivity index (χ1v) is 27.2. The van der Waals surface area contributed by atoms with E-state index in [4.69, 9.17) is 35.3 Å². The molecule has 1 unspecified atom stereocenters. The number of morpholine rings is 1. The minimum absolute atomic E-state index is 0.0117. The number of hydrogen-bond donors (Lipinski definition) is 7. The van der Waals surface area contributed by atoms with Crippen molar-refractivity contribution < 1.29 is 77.7 Å². The van der Waals surface area contributed by atoms with Gasteiger partial charge in [-0.05, 0) is 45.3 Å². The number of carboxylic acids is 1. The number of pyridine rings is 1. The smallest absolute Gasteiger partial charge is 0.407 e. The number of benzene rings is 2. The van der Waals surface area contributed by atoms with Crippen molar-refractivity contribution in [3.63, 3.8) is 0 Å². The number of carboxylic acid groups (broad SMARTS) is 1. The average molecular weight is 1150 g/mol. The number of ketones is 2. The zero-order chi connectivity index (χ0) is 58.7. The van der Waals surface area contributed by atoms with Gasteiger partial charge in [-0.25, -0.2) is 14.0 Å². The Morgan fingerprint density at radius 2 is 1.64 bits per heavy atom. The lowest BCUT2D eigenvalue weighted by Gasteiger charge is -2.38. The van der Waals surface area contributed by atoms with Crippen molar-refractivity contribution in [2.75, 3.05) is 51.4 Å². The number of ether oxygens (including phenoxy) is 5. The van der Waals surface area contributed by atoms with E-state index in [1.165, 1.54) is 58.6 Å². The fraction of sp³-hybridized carbons (Fsp3) is 0.491. The molecule has 10 atom stereocenters. The van der Waals surface area contributed by atoms with E-state index in [0.29, 0.717) is 19.3 Å². The molecule has 81 heavy (non-hydrogen) atoms. The minimum Gasteiger partial charge on any atom is -0.507 e. The van der Waals surface area contributed by atoms with E-state index < -0.39 is 123 Å². The second-order valence-corrected chi connectivity index (χ2v) is 22.2. The van der Waals surface area contributed by atoms with E-state index in [1.807, 2.05) is 0 Å². The molecular weight excluding hydrogens is 1080 g/mol. The maximum absolute atomic E-state index is 16.1. The third kappa shape index (κ3) is 10.6. The number of alkyl carbamates (subject to hydrolysis) is 1. The van der Waals surface area contributed by atoms with E-state index in [2.05, 4.69) is 15.8 Å². The molecule has 3 fully saturated rings. The number of phenolic OH excluding ortho intramolecular Hbond substituents is 1. The molecule has 1 saturated carbocycles. The van der Waals surface area contributed by atoms with E-state index in [-0.39, 0.29) is 106 Å². The molecule has 7 aliphatic rings. The van der Waals surface area contributed by atoms with Gasteiger partial charge in [-0.3, -0.25) is 19.2 Å². The van der Waals surface area contributed by atoms with E-state index in [1.54, 1.807) is 48.1 Å². The van der Waals surface area contributed by atoms with Crippen LogP contribution in [0.25, 0.3) is 10.9 Å². The summed E-state index contributed by atoms with van der Waals surface area (Å²) in [5.41, 5.74) is -2.99. The van der Waals surface area contributed by atoms with Crippen LogP contribution in [0.2, 0.25) is 5.02 Å². The number of halogens is 2. The van der Waals surface area contributed by atoms with Crippen LogP contribution < -0.4 is 25.7 Å². The summed E-state index contributed by atoms with van der Waals surface area (Å²) >= 11 is 6.93. The van der Waals surface area contributed by atoms with Crippen LogP contribution in [0.4, 0.5) is 14.9 Å². The molecule has 1 aromatic heterocycles. The first kappa shape index (κ1) is 58.3. The third-order valence-corrected chi connectivity index (χ3v) is 16.9. The lowest BCUT2D eigenvalue weighted by atomic mass is 9.78. The first-order chi connectivity index (χ1) is 38.4. The van der Waals surface area contributed by atoms with Gasteiger partial charge < -0.3 is 74.3 Å². The largest absolute Gasteiger partial charge is 0.507 e. The number of aliphatic hydroxyl groups is 2. The molecule has 5 bridgehead atoms. The van der Waals surface area contributed by atoms with Crippen LogP contribution in [0.15, 0.2) is 69.7 Å². The van der Waals surface area contributed by atoms with E-state index in [0.717, 1.165) is 6.07 Å². The van der Waals surface area contributed by atoms with Gasteiger partial charge in [0, 0.05) is 87.3 Å². The maximum Gasteiger partial charge on any atom is 0.407 e. The zero-order valence-corrected chi connectivity index (χ0v) is 46.7. The highest BCUT2D eigenvalue weighted by Crippen LogP contribution is 2.50. The Morgan fingerprint density at radius 3 is 2.30 bits per heavy atom. The summed E-state index contributed by atoms with van der Waals surface area (Å²) in [6, 6.07) is 0.230. The SMILES string of the molecule is CO[C@H]1/C=C/O[C@@]2(C)Oc3c(C)c(O)c4c(c3/C2=N\O)C(=O)C(N2CCOCC2)=C(NC(=O)/C(C)=C\C=C\[C@H](C)[C@H](O)[C@@H](C)[C@@H](O)[C@@H](C)[C@H](OC(=O)NC2CCN(c3c(F)cc5c(=O)c(C(=O)O)cn(C6CC6)c5c3Cl)C2)[C@@H]1C)C4=O. The van der Waals surface area contributed by atoms with Crippen molar-refractivity contribution in [1.82, 2.24) is 20.1 Å². The Balaban J connectivity index is 1.03. The van der Waals surface area contributed by atoms with Gasteiger partial charge in [0.05, 0.1) is 82.1 Å². The highest BCUT2D eigenvalue weighted by molar-refractivity contribution is 6.38. The lowest BCUT2D eigenvalue weighted by molar-refractivity contribution is -0.116. The molecule has 0 radical (unpaired) electrons. The number of carbonyl (C=O) groups excluding carboxylic acids is 4. The summed E-state index contributed by atoms with van der Waals surface area (Å²) in [4.78, 5) is 86.3. The topological polar surface area (TPSA) is 298 Å². The second kappa shape index (κ2) is 22.9. The number of amides is 2. The molecule has 5 aliphatic heterocycles. The zero-order valence-electron chi connectivity index (χ0n) is 46.0. The van der Waals surface area contributed by atoms with Crippen molar-refractivity contribution in [2.24, 2.45) is 28.8 Å². The number of allylic oxidation sites excluding steroid dienone is 4. The Hall–Kier alpha value is -7.31. The standard InChI is InChI=1S/C57H66ClFN6O16/c1-25-10-9-11-26(2)54(72)61-41-44(63-17-20-78-21-18-63)50(71)37-38(49(41)70)47(68)30(6)52-39(37)53(62-76)57(7,81-52)79-19-15-36(77-8)27(3)51(29(5)46(67)28(4)45(25)66)80-56(75)60-31-14-16-64(23-31)43-35(59)22-33-42(40(43)58)65(32-12-13-32)24-34(48(33)69)55(73)74/h9-11,15,19,22,24-25,27-29,31-32,36,45-46,51,66-68,76H,12-14,16-18,20-21,23H2,1-8H3,(H,60,75)(H,61,72)(H,73,74)/b10-9+,19-15+,26-11-,62-53+/t25-,27+,28+,29+,31?,36-,45-,46+,51+,57-/m0/s1. The third-order valence-electron chi connectivity index (χ3n) is 16.5. The van der Waals surface area contributed by atoms with Gasteiger partial charge in [-0.2, -0.15) is 0 Å². The van der Waals surface area contributed by atoms with Gasteiger partial charge in [0.15, 0.2) is 5.71 Å². The number of aliphatic hydroxyl groups excluding tert-OH is 2. The quantitative estimate of drug-likeness (QED) is 0.108. The summed E-state index contributed by atoms with van der Waals surface area (Å²) in [5.74, 6) is -10.8. The number of aromatic nitrogens is 1. The molecule has 22 nitrogen and oxygen atoms in total. The molecule has 434 valence electrons. The Bertz CT molecular complexity index is 3330. The predicted molar refractivity (Wildman–Crippen MR) is 291 cm³/mol. The number of carbonyl (C=O) groups is 5. The Morgan fingerprint density at radius 1 is 0.938 bits per heavy atom. The lowest BCUT2D eigenvalue weighted by Crippen LogP contribution is -2.48. The molecule has 10 rings (SSSR count). The number of aromatic hydroxyl groups is 1. The maximum atomic E-state index is 16.1. The monoisotopic (exact) mass is 1140 g/mol. The highest BCUT2D eigenvalue weighted by Gasteiger charge is 2.52. The van der Waals surface area contributed by atoms with Crippen molar-refractivity contribution in [3.8, 4) is 11.5 Å². The summed E-state index contributed by atoms with van der Waals surface area (Å²) < 4.78 is 47.9. The number of aromatic carboxylic acids is 1. The number of anilines is 1. The van der Waals surface area contributed by atoms with Gasteiger partial charge in [0.25, 0.3) is 11.7 Å². The Kier molecular flexibility index (Phi) is 16.5. The van der Waals surface area contributed by atoms with E-state index >= 15 is 9.18 Å². The Labute approximate surface area is 470 Å². The second-order valence-electron chi connectivity index (χ2n) is 21.8. The molecule has 3 aromatic rings. The normalized spacial score (nSPS) is 30.4. The number of fused-ring (bicyclic) bond motifs is 15. The summed E-state index contributed by atoms with van der Waals surface area (Å²) in [6.07, 6.45) is 4.59. The van der Waals surface area contributed by atoms with Crippen molar-refractivity contribution in [1.29, 1.82) is 0 Å². The van der Waals surface area contributed by atoms with Crippen LogP contribution in [0, 0.1) is 36.4 Å². The van der Waals surface area contributed by atoms with Crippen molar-refractivity contribution >= 4 is 63.4 Å². The molecular formula is C57H66ClFN6O16. The molecule has 7 N–H and O–H groups in total. The van der Waals surface area contributed by atoms with Crippen molar-refractivity contribution in [3.05, 3.63) is 109 Å². The molecule has 24 heteroatoms. The number of methoxy groups -OCH3 is 1. The highest BCUT2D eigenvalue weighted by atomic mass is 35.5.